The van der Waals surface area contributed by atoms with Gasteiger partial charge in [0.2, 0.25) is 0 Å². The van der Waals surface area contributed by atoms with Crippen molar-refractivity contribution in [1.29, 1.82) is 0 Å². The number of hydrogen-bond donors (Lipinski definition) is 1. The highest BCUT2D eigenvalue weighted by atomic mass is 28.4. The molecule has 0 saturated carbocycles. The average Bonchev–Trinajstić information content (AvgIpc) is 2.50. The lowest BCUT2D eigenvalue weighted by molar-refractivity contribution is -0.142. The Kier molecular flexibility index (Phi) is 8.16. The summed E-state index contributed by atoms with van der Waals surface area (Å²) >= 11 is 0. The van der Waals surface area contributed by atoms with Crippen molar-refractivity contribution in [3.8, 4) is 0 Å². The van der Waals surface area contributed by atoms with Gasteiger partial charge in [0.1, 0.15) is 12.7 Å². The predicted molar refractivity (Wildman–Crippen MR) is 100 cm³/mol. The molecule has 8 heteroatoms. The van der Waals surface area contributed by atoms with Crippen LogP contribution in [0.25, 0.3) is 0 Å². The van der Waals surface area contributed by atoms with Crippen LogP contribution >= 0.6 is 0 Å². The number of hydrogen-bond acceptors (Lipinski definition) is 6. The first-order valence-corrected chi connectivity index (χ1v) is 14.7. The van der Waals surface area contributed by atoms with Gasteiger partial charge in [-0.05, 0) is 32.7 Å². The van der Waals surface area contributed by atoms with Crippen molar-refractivity contribution in [3.63, 3.8) is 0 Å². The molecular formula is C17H28O6Si2. The molecule has 1 unspecified atom stereocenters. The number of carbonyl (C=O) groups excluding carboxylic acids is 2. The molecule has 0 bridgehead atoms. The highest BCUT2D eigenvalue weighted by Gasteiger charge is 2.30. The Labute approximate surface area is 151 Å². The Morgan fingerprint density at radius 3 is 2.20 bits per heavy atom. The highest BCUT2D eigenvalue weighted by Crippen LogP contribution is 2.14. The van der Waals surface area contributed by atoms with Crippen molar-refractivity contribution >= 4 is 28.4 Å². The first-order chi connectivity index (χ1) is 11.5. The van der Waals surface area contributed by atoms with Crippen molar-refractivity contribution in [2.75, 3.05) is 19.4 Å². The van der Waals surface area contributed by atoms with Crippen LogP contribution in [-0.2, 0) is 18.4 Å². The van der Waals surface area contributed by atoms with Crippen molar-refractivity contribution in [2.24, 2.45) is 0 Å². The standard InChI is InChI=1S/C17H28O6Si2/c1-24(2,3)23-25(4,5)13-21-11-15(18)12-22-17(20)16(19)14-9-7-6-8-10-14/h6-10,15,18H,11-13H2,1-5H3. The molecule has 0 amide bonds. The minimum atomic E-state index is -1.95. The minimum Gasteiger partial charge on any atom is -0.457 e. The van der Waals surface area contributed by atoms with E-state index >= 15 is 0 Å². The molecule has 0 aliphatic rings. The fourth-order valence-electron chi connectivity index (χ4n) is 2.29. The molecule has 0 aliphatic carbocycles. The summed E-state index contributed by atoms with van der Waals surface area (Å²) < 4.78 is 16.5. The maximum atomic E-state index is 11.8. The number of rotatable bonds is 10. The Morgan fingerprint density at radius 2 is 1.64 bits per heavy atom. The van der Waals surface area contributed by atoms with E-state index in [-0.39, 0.29) is 18.8 Å². The van der Waals surface area contributed by atoms with Crippen LogP contribution in [0.2, 0.25) is 32.7 Å². The third-order valence-electron chi connectivity index (χ3n) is 2.97. The molecule has 1 aromatic rings. The van der Waals surface area contributed by atoms with Crippen molar-refractivity contribution in [2.45, 2.75) is 38.8 Å². The van der Waals surface area contributed by atoms with Gasteiger partial charge in [0, 0.05) is 5.56 Å². The molecule has 1 aromatic carbocycles. The van der Waals surface area contributed by atoms with Gasteiger partial charge in [0.15, 0.2) is 16.6 Å². The molecule has 0 radical (unpaired) electrons. The van der Waals surface area contributed by atoms with E-state index in [1.165, 1.54) is 12.1 Å². The minimum absolute atomic E-state index is 0.0261. The number of carbonyl (C=O) groups is 2. The largest absolute Gasteiger partial charge is 0.457 e. The van der Waals surface area contributed by atoms with Gasteiger partial charge < -0.3 is 18.7 Å². The molecular weight excluding hydrogens is 356 g/mol. The quantitative estimate of drug-likeness (QED) is 0.289. The molecule has 0 spiro atoms. The fraction of sp³-hybridized carbons (Fsp3) is 0.529. The molecule has 0 heterocycles. The van der Waals surface area contributed by atoms with Crippen molar-refractivity contribution in [1.82, 2.24) is 0 Å². The summed E-state index contributed by atoms with van der Waals surface area (Å²) in [6.07, 6.45) is -0.533. The first kappa shape index (κ1) is 21.7. The van der Waals surface area contributed by atoms with E-state index in [4.69, 9.17) is 13.6 Å². The van der Waals surface area contributed by atoms with Gasteiger partial charge in [-0.2, -0.15) is 0 Å². The second-order valence-corrected chi connectivity index (χ2v) is 16.3. The van der Waals surface area contributed by atoms with Crippen molar-refractivity contribution < 1.29 is 28.3 Å². The van der Waals surface area contributed by atoms with Gasteiger partial charge in [0.25, 0.3) is 5.78 Å². The number of aliphatic hydroxyl groups excluding tert-OH is 1. The number of ketones is 1. The van der Waals surface area contributed by atoms with Crippen LogP contribution in [0.1, 0.15) is 10.4 Å². The molecule has 0 fully saturated rings. The Hall–Kier alpha value is -1.33. The van der Waals surface area contributed by atoms with E-state index < -0.39 is 34.5 Å². The van der Waals surface area contributed by atoms with Gasteiger partial charge in [-0.1, -0.05) is 30.3 Å². The summed E-state index contributed by atoms with van der Waals surface area (Å²) in [5.74, 6) is -1.71. The van der Waals surface area contributed by atoms with Crippen LogP contribution in [0, 0.1) is 0 Å². The predicted octanol–water partition coefficient (Wildman–Crippen LogP) is 2.39. The van der Waals surface area contributed by atoms with E-state index in [9.17, 15) is 14.7 Å². The molecule has 1 atom stereocenters. The number of aliphatic hydroxyl groups is 1. The topological polar surface area (TPSA) is 82.1 Å². The zero-order chi connectivity index (χ0) is 19.1. The van der Waals surface area contributed by atoms with E-state index in [2.05, 4.69) is 32.7 Å². The summed E-state index contributed by atoms with van der Waals surface area (Å²) in [6, 6.07) is 8.15. The smallest absolute Gasteiger partial charge is 0.379 e. The number of Topliss-reactive ketones (excluding diaryl/α,β-unsaturated/α-hetero) is 1. The zero-order valence-electron chi connectivity index (χ0n) is 15.6. The highest BCUT2D eigenvalue weighted by molar-refractivity contribution is 6.84. The van der Waals surface area contributed by atoms with Gasteiger partial charge in [-0.25, -0.2) is 4.79 Å². The molecule has 0 aliphatic heterocycles. The second kappa shape index (κ2) is 9.39. The van der Waals surface area contributed by atoms with Crippen LogP contribution in [-0.4, -0.2) is 59.0 Å². The zero-order valence-corrected chi connectivity index (χ0v) is 17.6. The van der Waals surface area contributed by atoms with Crippen molar-refractivity contribution in [3.05, 3.63) is 35.9 Å². The van der Waals surface area contributed by atoms with Gasteiger partial charge in [-0.15, -0.1) is 0 Å². The van der Waals surface area contributed by atoms with Crippen LogP contribution in [0.3, 0.4) is 0 Å². The van der Waals surface area contributed by atoms with Crippen LogP contribution in [0.15, 0.2) is 30.3 Å². The lowest BCUT2D eigenvalue weighted by Gasteiger charge is -2.31. The number of esters is 1. The third kappa shape index (κ3) is 9.08. The van der Waals surface area contributed by atoms with Gasteiger partial charge in [0.05, 0.1) is 12.8 Å². The van der Waals surface area contributed by atoms with Crippen LogP contribution in [0.4, 0.5) is 0 Å². The lowest BCUT2D eigenvalue weighted by atomic mass is 10.1. The molecule has 140 valence electrons. The molecule has 25 heavy (non-hydrogen) atoms. The van der Waals surface area contributed by atoms with E-state index in [0.717, 1.165) is 0 Å². The Balaban J connectivity index is 2.32. The maximum absolute atomic E-state index is 11.8. The lowest BCUT2D eigenvalue weighted by Crippen LogP contribution is -2.46. The Morgan fingerprint density at radius 1 is 1.04 bits per heavy atom. The molecule has 1 rings (SSSR count). The molecule has 6 nitrogen and oxygen atoms in total. The summed E-state index contributed by atoms with van der Waals surface area (Å²) in [4.78, 5) is 23.5. The number of ether oxygens (including phenoxy) is 2. The van der Waals surface area contributed by atoms with Crippen LogP contribution in [0.5, 0.6) is 0 Å². The third-order valence-corrected chi connectivity index (χ3v) is 8.53. The summed E-state index contributed by atoms with van der Waals surface area (Å²) in [5, 5.41) is 9.85. The first-order valence-electron chi connectivity index (χ1n) is 8.23. The second-order valence-electron chi connectivity index (χ2n) is 7.44. The van der Waals surface area contributed by atoms with Crippen LogP contribution < -0.4 is 0 Å². The average molecular weight is 385 g/mol. The summed E-state index contributed by atoms with van der Waals surface area (Å²) in [7, 11) is -3.58. The van der Waals surface area contributed by atoms with E-state index in [1.54, 1.807) is 18.2 Å². The monoisotopic (exact) mass is 384 g/mol. The SMILES string of the molecule is C[Si](C)(C)O[Si](C)(C)COCC(O)COC(=O)C(=O)c1ccccc1. The molecule has 1 N–H and O–H groups in total. The summed E-state index contributed by atoms with van der Waals surface area (Å²) in [6.45, 7) is 10.2. The Bertz CT molecular complexity index is 568. The normalized spacial score (nSPS) is 13.4. The van der Waals surface area contributed by atoms with Gasteiger partial charge in [-0.3, -0.25) is 4.79 Å². The summed E-state index contributed by atoms with van der Waals surface area (Å²) in [5.41, 5.74) is 0.259. The number of benzene rings is 1. The fourth-order valence-corrected chi connectivity index (χ4v) is 9.77. The maximum Gasteiger partial charge on any atom is 0.379 e. The van der Waals surface area contributed by atoms with Gasteiger partial charge >= 0.3 is 5.97 Å². The van der Waals surface area contributed by atoms with E-state index in [1.807, 2.05) is 0 Å². The molecule has 0 saturated heterocycles. The molecule has 0 aromatic heterocycles. The van der Waals surface area contributed by atoms with E-state index in [0.29, 0.717) is 6.23 Å².